The first-order chi connectivity index (χ1) is 7.26. The Labute approximate surface area is 90.2 Å². The van der Waals surface area contributed by atoms with Gasteiger partial charge in [0.1, 0.15) is 5.82 Å². The van der Waals surface area contributed by atoms with Crippen molar-refractivity contribution in [3.8, 4) is 0 Å². The number of hydrogen-bond acceptors (Lipinski definition) is 2. The maximum atomic E-state index is 12.9. The summed E-state index contributed by atoms with van der Waals surface area (Å²) in [6.07, 6.45) is 1.74. The van der Waals surface area contributed by atoms with Gasteiger partial charge in [0, 0.05) is 13.7 Å². The van der Waals surface area contributed by atoms with Gasteiger partial charge in [0.2, 0.25) is 0 Å². The highest BCUT2D eigenvalue weighted by atomic mass is 19.1. The van der Waals surface area contributed by atoms with Crippen molar-refractivity contribution in [3.05, 3.63) is 35.6 Å². The molecule has 1 unspecified atom stereocenters. The molecule has 3 heteroatoms. The molecule has 0 aliphatic carbocycles. The van der Waals surface area contributed by atoms with Crippen molar-refractivity contribution in [3.63, 3.8) is 0 Å². The molecule has 0 heterocycles. The minimum Gasteiger partial charge on any atom is -0.385 e. The van der Waals surface area contributed by atoms with Gasteiger partial charge in [-0.1, -0.05) is 12.1 Å². The summed E-state index contributed by atoms with van der Waals surface area (Å²) in [5.41, 5.74) is 6.65. The molecular formula is C12H18FNO. The van der Waals surface area contributed by atoms with Crippen molar-refractivity contribution in [1.29, 1.82) is 0 Å². The maximum Gasteiger partial charge on any atom is 0.123 e. The summed E-state index contributed by atoms with van der Waals surface area (Å²) in [5.74, 6) is 0.182. The molecule has 0 radical (unpaired) electrons. The van der Waals surface area contributed by atoms with Crippen molar-refractivity contribution in [2.75, 3.05) is 20.3 Å². The Morgan fingerprint density at radius 2 is 2.27 bits per heavy atom. The molecule has 2 N–H and O–H groups in total. The fourth-order valence-corrected chi connectivity index (χ4v) is 1.59. The highest BCUT2D eigenvalue weighted by Crippen LogP contribution is 2.12. The second-order valence-corrected chi connectivity index (χ2v) is 3.72. The average Bonchev–Trinajstić information content (AvgIpc) is 2.24. The SMILES string of the molecule is COCCC(CN)Cc1cccc(F)c1. The summed E-state index contributed by atoms with van der Waals surface area (Å²) < 4.78 is 17.9. The zero-order chi connectivity index (χ0) is 11.1. The van der Waals surface area contributed by atoms with Crippen LogP contribution in [0.4, 0.5) is 4.39 Å². The van der Waals surface area contributed by atoms with Crippen LogP contribution in [0.3, 0.4) is 0 Å². The van der Waals surface area contributed by atoms with Gasteiger partial charge in [0.25, 0.3) is 0 Å². The quantitative estimate of drug-likeness (QED) is 0.781. The van der Waals surface area contributed by atoms with E-state index in [0.29, 0.717) is 19.1 Å². The molecule has 0 spiro atoms. The molecule has 0 saturated heterocycles. The lowest BCUT2D eigenvalue weighted by Gasteiger charge is -2.13. The molecule has 84 valence electrons. The van der Waals surface area contributed by atoms with E-state index >= 15 is 0 Å². The summed E-state index contributed by atoms with van der Waals surface area (Å²) in [7, 11) is 1.68. The second kappa shape index (κ2) is 6.53. The molecule has 1 aromatic carbocycles. The first-order valence-corrected chi connectivity index (χ1v) is 5.19. The van der Waals surface area contributed by atoms with E-state index in [4.69, 9.17) is 10.5 Å². The Morgan fingerprint density at radius 3 is 2.87 bits per heavy atom. The molecule has 1 atom stereocenters. The minimum absolute atomic E-state index is 0.185. The van der Waals surface area contributed by atoms with E-state index in [1.54, 1.807) is 19.2 Å². The maximum absolute atomic E-state index is 12.9. The molecule has 2 nitrogen and oxygen atoms in total. The van der Waals surface area contributed by atoms with E-state index < -0.39 is 0 Å². The standard InChI is InChI=1S/C12H18FNO/c1-15-6-5-11(9-14)7-10-3-2-4-12(13)8-10/h2-4,8,11H,5-7,9,14H2,1H3. The number of benzene rings is 1. The summed E-state index contributed by atoms with van der Waals surface area (Å²) in [6, 6.07) is 6.68. The lowest BCUT2D eigenvalue weighted by atomic mass is 9.96. The molecule has 1 rings (SSSR count). The van der Waals surface area contributed by atoms with E-state index in [0.717, 1.165) is 18.4 Å². The Hall–Kier alpha value is -0.930. The molecule has 0 saturated carbocycles. The monoisotopic (exact) mass is 211 g/mol. The van der Waals surface area contributed by atoms with Gasteiger partial charge < -0.3 is 10.5 Å². The van der Waals surface area contributed by atoms with Crippen LogP contribution in [0.5, 0.6) is 0 Å². The number of rotatable bonds is 6. The minimum atomic E-state index is -0.185. The zero-order valence-electron chi connectivity index (χ0n) is 9.08. The van der Waals surface area contributed by atoms with Crippen LogP contribution in [0.1, 0.15) is 12.0 Å². The van der Waals surface area contributed by atoms with Crippen molar-refractivity contribution < 1.29 is 9.13 Å². The van der Waals surface area contributed by atoms with Gasteiger partial charge in [-0.05, 0) is 43.0 Å². The third-order valence-corrected chi connectivity index (χ3v) is 2.48. The van der Waals surface area contributed by atoms with Crippen LogP contribution in [0.2, 0.25) is 0 Å². The van der Waals surface area contributed by atoms with Crippen LogP contribution < -0.4 is 5.73 Å². The lowest BCUT2D eigenvalue weighted by molar-refractivity contribution is 0.178. The van der Waals surface area contributed by atoms with Crippen molar-refractivity contribution in [2.45, 2.75) is 12.8 Å². The molecule has 0 bridgehead atoms. The molecule has 0 fully saturated rings. The fraction of sp³-hybridized carbons (Fsp3) is 0.500. The lowest BCUT2D eigenvalue weighted by Crippen LogP contribution is -2.18. The third-order valence-electron chi connectivity index (χ3n) is 2.48. The molecule has 0 amide bonds. The Bertz CT molecular complexity index is 291. The summed E-state index contributed by atoms with van der Waals surface area (Å²) >= 11 is 0. The van der Waals surface area contributed by atoms with Crippen LogP contribution >= 0.6 is 0 Å². The van der Waals surface area contributed by atoms with E-state index in [-0.39, 0.29) is 5.82 Å². The number of halogens is 1. The van der Waals surface area contributed by atoms with Gasteiger partial charge in [-0.3, -0.25) is 0 Å². The van der Waals surface area contributed by atoms with Crippen molar-refractivity contribution >= 4 is 0 Å². The number of ether oxygens (including phenoxy) is 1. The largest absolute Gasteiger partial charge is 0.385 e. The Kier molecular flexibility index (Phi) is 5.29. The molecule has 15 heavy (non-hydrogen) atoms. The normalized spacial score (nSPS) is 12.7. The van der Waals surface area contributed by atoms with Gasteiger partial charge in [-0.15, -0.1) is 0 Å². The average molecular weight is 211 g/mol. The topological polar surface area (TPSA) is 35.2 Å². The zero-order valence-corrected chi connectivity index (χ0v) is 9.08. The van der Waals surface area contributed by atoms with Crippen LogP contribution in [0, 0.1) is 11.7 Å². The van der Waals surface area contributed by atoms with Gasteiger partial charge in [0.15, 0.2) is 0 Å². The van der Waals surface area contributed by atoms with Gasteiger partial charge >= 0.3 is 0 Å². The van der Waals surface area contributed by atoms with Gasteiger partial charge in [0.05, 0.1) is 0 Å². The predicted octanol–water partition coefficient (Wildman–Crippen LogP) is 1.98. The summed E-state index contributed by atoms with van der Waals surface area (Å²) in [4.78, 5) is 0. The molecular weight excluding hydrogens is 193 g/mol. The van der Waals surface area contributed by atoms with Crippen LogP contribution in [0.15, 0.2) is 24.3 Å². The second-order valence-electron chi connectivity index (χ2n) is 3.72. The smallest absolute Gasteiger partial charge is 0.123 e. The van der Waals surface area contributed by atoms with Crippen molar-refractivity contribution in [1.82, 2.24) is 0 Å². The van der Waals surface area contributed by atoms with Crippen LogP contribution in [-0.2, 0) is 11.2 Å². The summed E-state index contributed by atoms with van der Waals surface area (Å²) in [5, 5.41) is 0. The van der Waals surface area contributed by atoms with E-state index in [1.165, 1.54) is 6.07 Å². The van der Waals surface area contributed by atoms with Gasteiger partial charge in [-0.2, -0.15) is 0 Å². The van der Waals surface area contributed by atoms with E-state index in [2.05, 4.69) is 0 Å². The highest BCUT2D eigenvalue weighted by Gasteiger charge is 2.07. The third kappa shape index (κ3) is 4.40. The number of nitrogens with two attached hydrogens (primary N) is 1. The molecule has 0 aromatic heterocycles. The molecule has 0 aliphatic heterocycles. The predicted molar refractivity (Wildman–Crippen MR) is 59.1 cm³/mol. The van der Waals surface area contributed by atoms with E-state index in [9.17, 15) is 4.39 Å². The number of methoxy groups -OCH3 is 1. The Morgan fingerprint density at radius 1 is 1.47 bits per heavy atom. The molecule has 1 aromatic rings. The Balaban J connectivity index is 2.50. The molecule has 0 aliphatic rings. The van der Waals surface area contributed by atoms with Crippen LogP contribution in [0.25, 0.3) is 0 Å². The highest BCUT2D eigenvalue weighted by molar-refractivity contribution is 5.16. The first-order valence-electron chi connectivity index (χ1n) is 5.19. The first kappa shape index (κ1) is 12.1. The van der Waals surface area contributed by atoms with Gasteiger partial charge in [-0.25, -0.2) is 4.39 Å². The van der Waals surface area contributed by atoms with Crippen molar-refractivity contribution in [2.24, 2.45) is 11.7 Å². The number of hydrogen-bond donors (Lipinski definition) is 1. The van der Waals surface area contributed by atoms with E-state index in [1.807, 2.05) is 6.07 Å². The van der Waals surface area contributed by atoms with Crippen LogP contribution in [-0.4, -0.2) is 20.3 Å². The fourth-order valence-electron chi connectivity index (χ4n) is 1.59. The summed E-state index contributed by atoms with van der Waals surface area (Å²) in [6.45, 7) is 1.32.